The summed E-state index contributed by atoms with van der Waals surface area (Å²) in [4.78, 5) is 16.2. The molecule has 1 atom stereocenters. The summed E-state index contributed by atoms with van der Waals surface area (Å²) in [5.74, 6) is 0.861. The van der Waals surface area contributed by atoms with Crippen molar-refractivity contribution in [2.75, 3.05) is 20.1 Å². The largest absolute Gasteiger partial charge is 0.352 e. The van der Waals surface area contributed by atoms with E-state index in [4.69, 9.17) is 0 Å². The van der Waals surface area contributed by atoms with Gasteiger partial charge in [-0.15, -0.1) is 11.3 Å². The Morgan fingerprint density at radius 3 is 2.92 bits per heavy atom. The van der Waals surface area contributed by atoms with E-state index in [0.29, 0.717) is 0 Å². The lowest BCUT2D eigenvalue weighted by Crippen LogP contribution is -2.28. The second-order valence-corrected chi connectivity index (χ2v) is 8.20. The Morgan fingerprint density at radius 2 is 2.12 bits per heavy atom. The van der Waals surface area contributed by atoms with Crippen molar-refractivity contribution in [3.63, 3.8) is 0 Å². The van der Waals surface area contributed by atoms with Crippen LogP contribution < -0.4 is 5.32 Å². The minimum atomic E-state index is 0.109. The highest BCUT2D eigenvalue weighted by Gasteiger charge is 2.22. The third kappa shape index (κ3) is 4.93. The van der Waals surface area contributed by atoms with Crippen LogP contribution >= 0.6 is 11.3 Å². The minimum absolute atomic E-state index is 0.109. The topological polar surface area (TPSA) is 32.3 Å². The number of thiophene rings is 1. The number of carbonyl (C=O) groups is 1. The van der Waals surface area contributed by atoms with Gasteiger partial charge >= 0.3 is 0 Å². The number of carbonyl (C=O) groups excluding carboxylic acids is 1. The summed E-state index contributed by atoms with van der Waals surface area (Å²) in [5, 5.41) is 5.16. The molecule has 1 aromatic carbocycles. The van der Waals surface area contributed by atoms with Crippen molar-refractivity contribution >= 4 is 17.2 Å². The van der Waals surface area contributed by atoms with Gasteiger partial charge in [0.15, 0.2) is 0 Å². The lowest BCUT2D eigenvalue weighted by Gasteiger charge is -2.19. The molecule has 1 aliphatic rings. The van der Waals surface area contributed by atoms with E-state index in [2.05, 4.69) is 53.8 Å². The lowest BCUT2D eigenvalue weighted by molar-refractivity contribution is 0.0951. The van der Waals surface area contributed by atoms with Crippen LogP contribution in [-0.2, 0) is 19.4 Å². The number of fused-ring (bicyclic) bond motifs is 1. The average Bonchev–Trinajstić information content (AvgIpc) is 3.02. The van der Waals surface area contributed by atoms with Crippen LogP contribution in [0.15, 0.2) is 35.7 Å². The molecule has 134 valence electrons. The third-order valence-corrected chi connectivity index (χ3v) is 5.99. The van der Waals surface area contributed by atoms with Crippen molar-refractivity contribution in [3.8, 4) is 0 Å². The molecule has 0 radical (unpaired) electrons. The van der Waals surface area contributed by atoms with Crippen molar-refractivity contribution in [1.82, 2.24) is 10.2 Å². The molecule has 3 nitrogen and oxygen atoms in total. The predicted octanol–water partition coefficient (Wildman–Crippen LogP) is 4.12. The molecule has 1 aliphatic carbocycles. The van der Waals surface area contributed by atoms with E-state index in [-0.39, 0.29) is 5.91 Å². The van der Waals surface area contributed by atoms with E-state index < -0.39 is 0 Å². The van der Waals surface area contributed by atoms with E-state index >= 15 is 0 Å². The van der Waals surface area contributed by atoms with Gasteiger partial charge < -0.3 is 10.2 Å². The summed E-state index contributed by atoms with van der Waals surface area (Å²) in [6.07, 6.45) is 4.37. The highest BCUT2D eigenvalue weighted by molar-refractivity contribution is 7.10. The summed E-state index contributed by atoms with van der Waals surface area (Å²) in [6.45, 7) is 4.97. The monoisotopic (exact) mass is 356 g/mol. The summed E-state index contributed by atoms with van der Waals surface area (Å²) in [7, 11) is 2.13. The number of amides is 1. The quantitative estimate of drug-likeness (QED) is 0.757. The zero-order chi connectivity index (χ0) is 17.6. The van der Waals surface area contributed by atoms with Gasteiger partial charge in [0.1, 0.15) is 0 Å². The molecule has 0 unspecified atom stereocenters. The molecule has 0 spiro atoms. The van der Waals surface area contributed by atoms with Gasteiger partial charge in [0, 0.05) is 23.3 Å². The summed E-state index contributed by atoms with van der Waals surface area (Å²) < 4.78 is 0. The predicted molar refractivity (Wildman–Crippen MR) is 105 cm³/mol. The molecule has 1 heterocycles. The number of hydrogen-bond acceptors (Lipinski definition) is 3. The fourth-order valence-corrected chi connectivity index (χ4v) is 4.73. The summed E-state index contributed by atoms with van der Waals surface area (Å²) >= 11 is 1.76. The molecule has 2 aromatic rings. The van der Waals surface area contributed by atoms with E-state index in [0.717, 1.165) is 50.4 Å². The fourth-order valence-electron chi connectivity index (χ4n) is 3.49. The van der Waals surface area contributed by atoms with Crippen molar-refractivity contribution < 1.29 is 4.79 Å². The molecule has 25 heavy (non-hydrogen) atoms. The van der Waals surface area contributed by atoms with Gasteiger partial charge in [-0.3, -0.25) is 4.79 Å². The zero-order valence-corrected chi connectivity index (χ0v) is 16.1. The Morgan fingerprint density at radius 1 is 1.32 bits per heavy atom. The van der Waals surface area contributed by atoms with Gasteiger partial charge in [0.05, 0.1) is 5.56 Å². The van der Waals surface area contributed by atoms with Gasteiger partial charge in [-0.25, -0.2) is 0 Å². The molecular formula is C21H28N2OS. The number of benzene rings is 1. The second kappa shape index (κ2) is 8.63. The van der Waals surface area contributed by atoms with E-state index in [1.54, 1.807) is 11.3 Å². The van der Waals surface area contributed by atoms with Crippen LogP contribution in [0, 0.1) is 5.92 Å². The number of nitrogens with one attached hydrogen (secondary N) is 1. The summed E-state index contributed by atoms with van der Waals surface area (Å²) in [5.41, 5.74) is 3.56. The molecule has 4 heteroatoms. The van der Waals surface area contributed by atoms with Crippen molar-refractivity contribution in [2.45, 2.75) is 39.2 Å². The smallest absolute Gasteiger partial charge is 0.252 e. The minimum Gasteiger partial charge on any atom is -0.352 e. The molecule has 1 N–H and O–H groups in total. The van der Waals surface area contributed by atoms with Gasteiger partial charge in [-0.05, 0) is 56.3 Å². The Hall–Kier alpha value is -1.65. The molecule has 1 aromatic heterocycles. The van der Waals surface area contributed by atoms with Crippen molar-refractivity contribution in [2.24, 2.45) is 5.92 Å². The third-order valence-electron chi connectivity index (χ3n) is 4.94. The van der Waals surface area contributed by atoms with Crippen LogP contribution in [0.4, 0.5) is 0 Å². The van der Waals surface area contributed by atoms with E-state index in [1.807, 2.05) is 6.07 Å². The first-order valence-corrected chi connectivity index (χ1v) is 10.1. The van der Waals surface area contributed by atoms with E-state index in [1.165, 1.54) is 22.4 Å². The van der Waals surface area contributed by atoms with Gasteiger partial charge in [-0.2, -0.15) is 0 Å². The SMILES string of the molecule is C[C@H]1CCc2c(C(=O)NCCCN(C)Cc3ccccc3)csc2C1. The van der Waals surface area contributed by atoms with Gasteiger partial charge in [0.2, 0.25) is 0 Å². The standard InChI is InChI=1S/C21H28N2OS/c1-16-9-10-18-19(15-25-20(18)13-16)21(24)22-11-6-12-23(2)14-17-7-4-3-5-8-17/h3-5,7-8,15-16H,6,9-14H2,1-2H3,(H,22,24)/t16-/m0/s1. The second-order valence-electron chi connectivity index (χ2n) is 7.23. The molecule has 1 amide bonds. The Bertz CT molecular complexity index is 695. The van der Waals surface area contributed by atoms with Crippen LogP contribution in [0.3, 0.4) is 0 Å². The highest BCUT2D eigenvalue weighted by Crippen LogP contribution is 2.32. The molecular weight excluding hydrogens is 328 g/mol. The maximum atomic E-state index is 12.5. The van der Waals surface area contributed by atoms with Gasteiger partial charge in [0.25, 0.3) is 5.91 Å². The fraction of sp³-hybridized carbons (Fsp3) is 0.476. The molecule has 0 bridgehead atoms. The summed E-state index contributed by atoms with van der Waals surface area (Å²) in [6, 6.07) is 10.5. The van der Waals surface area contributed by atoms with Crippen molar-refractivity contribution in [3.05, 3.63) is 57.3 Å². The van der Waals surface area contributed by atoms with Crippen LogP contribution in [0.25, 0.3) is 0 Å². The first-order valence-electron chi connectivity index (χ1n) is 9.23. The number of nitrogens with zero attached hydrogens (tertiary/aromatic N) is 1. The molecule has 3 rings (SSSR count). The zero-order valence-electron chi connectivity index (χ0n) is 15.3. The van der Waals surface area contributed by atoms with Crippen molar-refractivity contribution in [1.29, 1.82) is 0 Å². The van der Waals surface area contributed by atoms with Crippen LogP contribution in [-0.4, -0.2) is 30.9 Å². The maximum Gasteiger partial charge on any atom is 0.252 e. The molecule has 0 fully saturated rings. The molecule has 0 aliphatic heterocycles. The first-order chi connectivity index (χ1) is 12.1. The van der Waals surface area contributed by atoms with Gasteiger partial charge in [-0.1, -0.05) is 37.3 Å². The number of rotatable bonds is 7. The van der Waals surface area contributed by atoms with E-state index in [9.17, 15) is 4.79 Å². The Labute approximate surface area is 155 Å². The normalized spacial score (nSPS) is 16.7. The Balaban J connectivity index is 1.41. The lowest BCUT2D eigenvalue weighted by atomic mass is 9.88. The van der Waals surface area contributed by atoms with Crippen LogP contribution in [0.5, 0.6) is 0 Å². The highest BCUT2D eigenvalue weighted by atomic mass is 32.1. The van der Waals surface area contributed by atoms with Crippen LogP contribution in [0.2, 0.25) is 0 Å². The van der Waals surface area contributed by atoms with Crippen LogP contribution in [0.1, 0.15) is 46.1 Å². The maximum absolute atomic E-state index is 12.5. The molecule has 0 saturated heterocycles. The molecule has 0 saturated carbocycles. The average molecular weight is 357 g/mol. The first kappa shape index (κ1) is 18.2. The number of hydrogen-bond donors (Lipinski definition) is 1. The Kier molecular flexibility index (Phi) is 6.27.